The lowest BCUT2D eigenvalue weighted by Crippen LogP contribution is -2.36. The van der Waals surface area contributed by atoms with E-state index in [4.69, 9.17) is 11.6 Å². The van der Waals surface area contributed by atoms with Gasteiger partial charge in [0.1, 0.15) is 0 Å². The monoisotopic (exact) mass is 330 g/mol. The highest BCUT2D eigenvalue weighted by atomic mass is 35.5. The summed E-state index contributed by atoms with van der Waals surface area (Å²) < 4.78 is 0. The predicted molar refractivity (Wildman–Crippen MR) is 91.5 cm³/mol. The van der Waals surface area contributed by atoms with Crippen LogP contribution in [0.4, 0.5) is 0 Å². The molecular weight excluding hydrogens is 312 g/mol. The number of carbonyl (C=O) groups excluding carboxylic acids is 2. The largest absolute Gasteiger partial charge is 0.350 e. The first-order valence-corrected chi connectivity index (χ1v) is 7.70. The van der Waals surface area contributed by atoms with Crippen LogP contribution >= 0.6 is 11.6 Å². The standard InChI is InChI=1S/C18H19ClN2O2/c1-12-7-8-14(9-13(12)2)18(23)21-11-17(22)20-10-15-5-3-4-6-16(15)19/h3-9H,10-11H2,1-2H3,(H,20,22)(H,21,23). The lowest BCUT2D eigenvalue weighted by molar-refractivity contribution is -0.120. The smallest absolute Gasteiger partial charge is 0.251 e. The fourth-order valence-electron chi connectivity index (χ4n) is 2.04. The Bertz CT molecular complexity index is 729. The van der Waals surface area contributed by atoms with Gasteiger partial charge in [-0.25, -0.2) is 0 Å². The molecule has 2 aromatic carbocycles. The van der Waals surface area contributed by atoms with Crippen molar-refractivity contribution in [3.63, 3.8) is 0 Å². The van der Waals surface area contributed by atoms with Crippen molar-refractivity contribution in [2.75, 3.05) is 6.54 Å². The van der Waals surface area contributed by atoms with Crippen molar-refractivity contribution in [3.05, 3.63) is 69.7 Å². The Morgan fingerprint density at radius 3 is 2.43 bits per heavy atom. The minimum atomic E-state index is -0.263. The number of carbonyl (C=O) groups is 2. The van der Waals surface area contributed by atoms with Gasteiger partial charge < -0.3 is 10.6 Å². The van der Waals surface area contributed by atoms with Crippen LogP contribution in [0.2, 0.25) is 5.02 Å². The second-order valence-electron chi connectivity index (χ2n) is 5.35. The molecule has 0 bridgehead atoms. The molecule has 0 aliphatic carbocycles. The van der Waals surface area contributed by atoms with Gasteiger partial charge in [0.05, 0.1) is 6.54 Å². The van der Waals surface area contributed by atoms with E-state index in [2.05, 4.69) is 10.6 Å². The Labute approximate surface area is 140 Å². The van der Waals surface area contributed by atoms with E-state index in [-0.39, 0.29) is 18.4 Å². The highest BCUT2D eigenvalue weighted by Gasteiger charge is 2.09. The van der Waals surface area contributed by atoms with E-state index in [0.717, 1.165) is 16.7 Å². The second-order valence-corrected chi connectivity index (χ2v) is 5.76. The molecule has 0 heterocycles. The molecule has 2 N–H and O–H groups in total. The molecule has 0 aliphatic rings. The molecule has 0 saturated carbocycles. The number of nitrogens with one attached hydrogen (secondary N) is 2. The topological polar surface area (TPSA) is 58.2 Å². The third kappa shape index (κ3) is 4.83. The molecule has 4 nitrogen and oxygen atoms in total. The van der Waals surface area contributed by atoms with E-state index in [1.165, 1.54) is 0 Å². The Morgan fingerprint density at radius 2 is 1.74 bits per heavy atom. The van der Waals surface area contributed by atoms with Gasteiger partial charge in [-0.3, -0.25) is 9.59 Å². The summed E-state index contributed by atoms with van der Waals surface area (Å²) in [7, 11) is 0. The van der Waals surface area contributed by atoms with Gasteiger partial charge in [0.25, 0.3) is 5.91 Å². The van der Waals surface area contributed by atoms with Gasteiger partial charge in [-0.1, -0.05) is 35.9 Å². The molecular formula is C18H19ClN2O2. The average Bonchev–Trinajstić information content (AvgIpc) is 2.54. The highest BCUT2D eigenvalue weighted by molar-refractivity contribution is 6.31. The van der Waals surface area contributed by atoms with Gasteiger partial charge in [-0.05, 0) is 48.7 Å². The fourth-order valence-corrected chi connectivity index (χ4v) is 2.25. The second kappa shape index (κ2) is 7.79. The van der Waals surface area contributed by atoms with Crippen molar-refractivity contribution in [1.29, 1.82) is 0 Å². The van der Waals surface area contributed by atoms with Crippen LogP contribution in [0.25, 0.3) is 0 Å². The molecule has 0 spiro atoms. The van der Waals surface area contributed by atoms with Crippen LogP contribution in [0.3, 0.4) is 0 Å². The molecule has 2 aromatic rings. The summed E-state index contributed by atoms with van der Waals surface area (Å²) in [5, 5.41) is 5.94. The maximum atomic E-state index is 12.0. The lowest BCUT2D eigenvalue weighted by atomic mass is 10.1. The molecule has 23 heavy (non-hydrogen) atoms. The predicted octanol–water partition coefficient (Wildman–Crippen LogP) is 3.00. The number of benzene rings is 2. The van der Waals surface area contributed by atoms with E-state index in [9.17, 15) is 9.59 Å². The molecule has 0 saturated heterocycles. The Hall–Kier alpha value is -2.33. The van der Waals surface area contributed by atoms with E-state index in [1.54, 1.807) is 12.1 Å². The van der Waals surface area contributed by atoms with Gasteiger partial charge in [0.15, 0.2) is 0 Å². The third-order valence-electron chi connectivity index (χ3n) is 3.61. The molecule has 0 fully saturated rings. The molecule has 2 amide bonds. The summed E-state index contributed by atoms with van der Waals surface area (Å²) in [5.41, 5.74) is 3.55. The summed E-state index contributed by atoms with van der Waals surface area (Å²) in [4.78, 5) is 23.8. The Morgan fingerprint density at radius 1 is 1.00 bits per heavy atom. The lowest BCUT2D eigenvalue weighted by Gasteiger charge is -2.09. The normalized spacial score (nSPS) is 10.2. The quantitative estimate of drug-likeness (QED) is 0.885. The van der Waals surface area contributed by atoms with Crippen LogP contribution in [0, 0.1) is 13.8 Å². The molecule has 5 heteroatoms. The van der Waals surface area contributed by atoms with Crippen molar-refractivity contribution < 1.29 is 9.59 Å². The van der Waals surface area contributed by atoms with Crippen molar-refractivity contribution in [1.82, 2.24) is 10.6 Å². The van der Waals surface area contributed by atoms with Gasteiger partial charge in [-0.15, -0.1) is 0 Å². The number of hydrogen-bond acceptors (Lipinski definition) is 2. The molecule has 0 radical (unpaired) electrons. The summed E-state index contributed by atoms with van der Waals surface area (Å²) >= 11 is 6.02. The maximum absolute atomic E-state index is 12.0. The third-order valence-corrected chi connectivity index (χ3v) is 3.98. The number of aryl methyl sites for hydroxylation is 2. The molecule has 2 rings (SSSR count). The molecule has 0 aromatic heterocycles. The first-order chi connectivity index (χ1) is 11.0. The van der Waals surface area contributed by atoms with Gasteiger partial charge in [0.2, 0.25) is 5.91 Å². The molecule has 0 atom stereocenters. The first-order valence-electron chi connectivity index (χ1n) is 7.33. The summed E-state index contributed by atoms with van der Waals surface area (Å²) in [6.45, 7) is 4.19. The first kappa shape index (κ1) is 17.0. The van der Waals surface area contributed by atoms with Crippen LogP contribution < -0.4 is 10.6 Å². The van der Waals surface area contributed by atoms with Crippen LogP contribution in [-0.2, 0) is 11.3 Å². The fraction of sp³-hybridized carbons (Fsp3) is 0.222. The Kier molecular flexibility index (Phi) is 5.77. The van der Waals surface area contributed by atoms with Crippen molar-refractivity contribution in [2.24, 2.45) is 0 Å². The molecule has 120 valence electrons. The number of hydrogen-bond donors (Lipinski definition) is 2. The zero-order valence-corrected chi connectivity index (χ0v) is 13.9. The maximum Gasteiger partial charge on any atom is 0.251 e. The Balaban J connectivity index is 1.83. The summed E-state index contributed by atoms with van der Waals surface area (Å²) in [6.07, 6.45) is 0. The summed E-state index contributed by atoms with van der Waals surface area (Å²) in [6, 6.07) is 12.8. The zero-order chi connectivity index (χ0) is 16.8. The van der Waals surface area contributed by atoms with Gasteiger partial charge in [0, 0.05) is 17.1 Å². The van der Waals surface area contributed by atoms with E-state index < -0.39 is 0 Å². The summed E-state index contributed by atoms with van der Waals surface area (Å²) in [5.74, 6) is -0.525. The van der Waals surface area contributed by atoms with Gasteiger partial charge >= 0.3 is 0 Å². The van der Waals surface area contributed by atoms with E-state index >= 15 is 0 Å². The van der Waals surface area contributed by atoms with Crippen LogP contribution in [0.15, 0.2) is 42.5 Å². The van der Waals surface area contributed by atoms with Crippen LogP contribution in [0.1, 0.15) is 27.0 Å². The zero-order valence-electron chi connectivity index (χ0n) is 13.2. The van der Waals surface area contributed by atoms with Crippen LogP contribution in [-0.4, -0.2) is 18.4 Å². The SMILES string of the molecule is Cc1ccc(C(=O)NCC(=O)NCc2ccccc2Cl)cc1C. The minimum Gasteiger partial charge on any atom is -0.350 e. The highest BCUT2D eigenvalue weighted by Crippen LogP contribution is 2.14. The minimum absolute atomic E-state index is 0.0732. The number of amides is 2. The van der Waals surface area contributed by atoms with Crippen molar-refractivity contribution in [3.8, 4) is 0 Å². The van der Waals surface area contributed by atoms with Gasteiger partial charge in [-0.2, -0.15) is 0 Å². The van der Waals surface area contributed by atoms with E-state index in [0.29, 0.717) is 17.1 Å². The number of rotatable bonds is 5. The average molecular weight is 331 g/mol. The molecule has 0 aliphatic heterocycles. The van der Waals surface area contributed by atoms with Crippen molar-refractivity contribution in [2.45, 2.75) is 20.4 Å². The van der Waals surface area contributed by atoms with Crippen LogP contribution in [0.5, 0.6) is 0 Å². The number of halogens is 1. The van der Waals surface area contributed by atoms with E-state index in [1.807, 2.05) is 44.2 Å². The van der Waals surface area contributed by atoms with Crippen molar-refractivity contribution >= 4 is 23.4 Å². The molecule has 0 unspecified atom stereocenters.